The number of thiocarbonyl (C=S) groups is 1. The van der Waals surface area contributed by atoms with Crippen LogP contribution in [0.4, 0.5) is 4.39 Å². The van der Waals surface area contributed by atoms with Crippen LogP contribution in [0.15, 0.2) is 18.2 Å². The van der Waals surface area contributed by atoms with Gasteiger partial charge in [-0.3, -0.25) is 4.79 Å². The highest BCUT2D eigenvalue weighted by Gasteiger charge is 2.17. The summed E-state index contributed by atoms with van der Waals surface area (Å²) in [4.78, 5) is 11.9. The van der Waals surface area contributed by atoms with Crippen LogP contribution in [-0.2, 0) is 0 Å². The van der Waals surface area contributed by atoms with Crippen molar-refractivity contribution in [3.05, 3.63) is 34.6 Å². The Morgan fingerprint density at radius 1 is 1.65 bits per heavy atom. The van der Waals surface area contributed by atoms with Crippen molar-refractivity contribution in [3.63, 3.8) is 0 Å². The van der Waals surface area contributed by atoms with Gasteiger partial charge in [-0.1, -0.05) is 30.7 Å². The highest BCUT2D eigenvalue weighted by molar-refractivity contribution is 7.80. The van der Waals surface area contributed by atoms with Gasteiger partial charge in [0.2, 0.25) is 0 Å². The average molecular weight is 275 g/mol. The molecule has 3 N–H and O–H groups in total. The van der Waals surface area contributed by atoms with E-state index in [-0.39, 0.29) is 15.6 Å². The van der Waals surface area contributed by atoms with E-state index in [0.29, 0.717) is 6.42 Å². The predicted octanol–water partition coefficient (Wildman–Crippen LogP) is 2.27. The summed E-state index contributed by atoms with van der Waals surface area (Å²) < 4.78 is 13.4. The van der Waals surface area contributed by atoms with Gasteiger partial charge in [0.1, 0.15) is 5.82 Å². The molecule has 1 aromatic rings. The molecule has 6 heteroatoms. The molecular weight excluding hydrogens is 263 g/mol. The van der Waals surface area contributed by atoms with E-state index in [4.69, 9.17) is 29.6 Å². The van der Waals surface area contributed by atoms with Crippen LogP contribution >= 0.6 is 23.8 Å². The molecule has 3 nitrogen and oxygen atoms in total. The zero-order valence-corrected chi connectivity index (χ0v) is 10.7. The number of benzene rings is 1. The first-order valence-corrected chi connectivity index (χ1v) is 5.79. The largest absolute Gasteiger partial charge is 0.392 e. The average Bonchev–Trinajstić information content (AvgIpc) is 2.24. The van der Waals surface area contributed by atoms with Crippen molar-refractivity contribution >= 4 is 34.7 Å². The van der Waals surface area contributed by atoms with Crippen molar-refractivity contribution in [2.24, 2.45) is 5.73 Å². The van der Waals surface area contributed by atoms with Crippen molar-refractivity contribution in [1.82, 2.24) is 5.32 Å². The third-order valence-corrected chi connectivity index (χ3v) is 2.75. The second-order valence-electron chi connectivity index (χ2n) is 3.46. The molecule has 0 heterocycles. The number of nitrogens with one attached hydrogen (secondary N) is 1. The Balaban J connectivity index is 2.86. The lowest BCUT2D eigenvalue weighted by Crippen LogP contribution is -2.43. The third kappa shape index (κ3) is 3.64. The smallest absolute Gasteiger partial charge is 0.254 e. The van der Waals surface area contributed by atoms with E-state index in [2.05, 4.69) is 5.32 Å². The molecule has 1 atom stereocenters. The molecule has 0 fully saturated rings. The summed E-state index contributed by atoms with van der Waals surface area (Å²) in [6, 6.07) is 3.41. The number of carbonyl (C=O) groups excluding carboxylic acids is 1. The Bertz CT molecular complexity index is 453. The summed E-state index contributed by atoms with van der Waals surface area (Å²) in [5, 5.41) is 2.79. The Kier molecular flexibility index (Phi) is 4.84. The molecule has 0 aliphatic rings. The Labute approximate surface area is 109 Å². The van der Waals surface area contributed by atoms with Crippen molar-refractivity contribution in [2.45, 2.75) is 19.4 Å². The number of nitrogens with two attached hydrogens (primary N) is 1. The second-order valence-corrected chi connectivity index (χ2v) is 4.37. The van der Waals surface area contributed by atoms with Gasteiger partial charge in [0.05, 0.1) is 16.6 Å². The summed E-state index contributed by atoms with van der Waals surface area (Å²) in [5.41, 5.74) is 5.36. The molecular formula is C11H12ClFN2OS. The molecule has 0 aromatic heterocycles. The number of hydrogen-bond donors (Lipinski definition) is 2. The molecule has 0 radical (unpaired) electrons. The van der Waals surface area contributed by atoms with E-state index in [1.165, 1.54) is 12.1 Å². The maximum atomic E-state index is 13.4. The van der Waals surface area contributed by atoms with Crippen LogP contribution in [0.25, 0.3) is 0 Å². The fraction of sp³-hybridized carbons (Fsp3) is 0.273. The van der Waals surface area contributed by atoms with E-state index in [0.717, 1.165) is 6.07 Å². The minimum atomic E-state index is -0.673. The molecule has 1 unspecified atom stereocenters. The minimum Gasteiger partial charge on any atom is -0.392 e. The van der Waals surface area contributed by atoms with Crippen molar-refractivity contribution in [1.29, 1.82) is 0 Å². The van der Waals surface area contributed by atoms with Crippen LogP contribution in [0.3, 0.4) is 0 Å². The molecule has 1 aromatic carbocycles. The first kappa shape index (κ1) is 13.9. The summed E-state index contributed by atoms with van der Waals surface area (Å²) in [6.07, 6.45) is 0.552. The van der Waals surface area contributed by atoms with Gasteiger partial charge in [-0.25, -0.2) is 4.39 Å². The number of rotatable bonds is 4. The Morgan fingerprint density at radius 2 is 2.29 bits per heavy atom. The molecule has 17 heavy (non-hydrogen) atoms. The van der Waals surface area contributed by atoms with Gasteiger partial charge in [-0.15, -0.1) is 0 Å². The zero-order valence-electron chi connectivity index (χ0n) is 9.17. The van der Waals surface area contributed by atoms with E-state index in [1.54, 1.807) is 0 Å². The van der Waals surface area contributed by atoms with Crippen molar-refractivity contribution in [3.8, 4) is 0 Å². The SMILES string of the molecule is CCC(NC(=O)c1ccc(Cl)cc1F)C(N)=S. The summed E-state index contributed by atoms with van der Waals surface area (Å²) in [5.74, 6) is -1.23. The van der Waals surface area contributed by atoms with Gasteiger partial charge in [-0.2, -0.15) is 0 Å². The lowest BCUT2D eigenvalue weighted by Gasteiger charge is -2.15. The fourth-order valence-corrected chi connectivity index (χ4v) is 1.67. The zero-order chi connectivity index (χ0) is 13.0. The quantitative estimate of drug-likeness (QED) is 0.828. The number of halogens is 2. The molecule has 0 saturated carbocycles. The Hall–Kier alpha value is -1.20. The monoisotopic (exact) mass is 274 g/mol. The highest BCUT2D eigenvalue weighted by atomic mass is 35.5. The number of hydrogen-bond acceptors (Lipinski definition) is 2. The van der Waals surface area contributed by atoms with Crippen molar-refractivity contribution < 1.29 is 9.18 Å². The lowest BCUT2D eigenvalue weighted by atomic mass is 10.1. The van der Waals surface area contributed by atoms with Crippen LogP contribution in [-0.4, -0.2) is 16.9 Å². The van der Waals surface area contributed by atoms with Crippen molar-refractivity contribution in [2.75, 3.05) is 0 Å². The van der Waals surface area contributed by atoms with E-state index in [1.807, 2.05) is 6.92 Å². The van der Waals surface area contributed by atoms with Gasteiger partial charge >= 0.3 is 0 Å². The Morgan fingerprint density at radius 3 is 2.76 bits per heavy atom. The maximum absolute atomic E-state index is 13.4. The first-order valence-electron chi connectivity index (χ1n) is 5.01. The minimum absolute atomic E-state index is 0.0795. The van der Waals surface area contributed by atoms with E-state index in [9.17, 15) is 9.18 Å². The molecule has 1 amide bonds. The third-order valence-electron chi connectivity index (χ3n) is 2.23. The summed E-state index contributed by atoms with van der Waals surface area (Å²) in [6.45, 7) is 1.82. The fourth-order valence-electron chi connectivity index (χ4n) is 1.28. The standard InChI is InChI=1S/C11H12ClFN2OS/c1-2-9(10(14)17)15-11(16)7-4-3-6(12)5-8(7)13/h3-5,9H,2H2,1H3,(H2,14,17)(H,15,16). The first-order chi connectivity index (χ1) is 7.95. The van der Waals surface area contributed by atoms with Crippen LogP contribution < -0.4 is 11.1 Å². The summed E-state index contributed by atoms with van der Waals surface area (Å²) in [7, 11) is 0. The predicted molar refractivity (Wildman–Crippen MR) is 69.7 cm³/mol. The summed E-state index contributed by atoms with van der Waals surface area (Å²) >= 11 is 10.4. The van der Waals surface area contributed by atoms with E-state index >= 15 is 0 Å². The normalized spacial score (nSPS) is 11.9. The molecule has 0 bridgehead atoms. The molecule has 92 valence electrons. The van der Waals surface area contributed by atoms with Gasteiger partial charge in [0, 0.05) is 5.02 Å². The molecule has 0 aliphatic carbocycles. The molecule has 0 spiro atoms. The van der Waals surface area contributed by atoms with Crippen LogP contribution in [0.1, 0.15) is 23.7 Å². The maximum Gasteiger partial charge on any atom is 0.254 e. The lowest BCUT2D eigenvalue weighted by molar-refractivity contribution is 0.0942. The van der Waals surface area contributed by atoms with Gasteiger partial charge in [0.25, 0.3) is 5.91 Å². The van der Waals surface area contributed by atoms with E-state index < -0.39 is 17.8 Å². The van der Waals surface area contributed by atoms with Gasteiger partial charge in [0.15, 0.2) is 0 Å². The topological polar surface area (TPSA) is 55.1 Å². The van der Waals surface area contributed by atoms with Gasteiger partial charge < -0.3 is 11.1 Å². The molecule has 0 aliphatic heterocycles. The van der Waals surface area contributed by atoms with Crippen LogP contribution in [0, 0.1) is 5.82 Å². The van der Waals surface area contributed by atoms with Crippen LogP contribution in [0.2, 0.25) is 5.02 Å². The molecule has 1 rings (SSSR count). The van der Waals surface area contributed by atoms with Gasteiger partial charge in [-0.05, 0) is 24.6 Å². The highest BCUT2D eigenvalue weighted by Crippen LogP contribution is 2.14. The second kappa shape index (κ2) is 5.93. The number of carbonyl (C=O) groups is 1. The number of amides is 1. The van der Waals surface area contributed by atoms with Crippen LogP contribution in [0.5, 0.6) is 0 Å². The molecule has 0 saturated heterocycles.